The molecule has 0 radical (unpaired) electrons. The summed E-state index contributed by atoms with van der Waals surface area (Å²) in [6.07, 6.45) is 1.51. The van der Waals surface area contributed by atoms with Crippen molar-refractivity contribution in [2.45, 2.75) is 26.7 Å². The fourth-order valence-corrected chi connectivity index (χ4v) is 3.12. The second-order valence-electron chi connectivity index (χ2n) is 5.12. The molecule has 110 valence electrons. The minimum Gasteiger partial charge on any atom is -0.481 e. The first-order valence-corrected chi connectivity index (χ1v) is 7.46. The van der Waals surface area contributed by atoms with E-state index in [-0.39, 0.29) is 18.4 Å². The Labute approximate surface area is 121 Å². The van der Waals surface area contributed by atoms with Gasteiger partial charge in [-0.15, -0.1) is 11.3 Å². The zero-order valence-corrected chi connectivity index (χ0v) is 12.5. The van der Waals surface area contributed by atoms with E-state index in [0.29, 0.717) is 18.1 Å². The summed E-state index contributed by atoms with van der Waals surface area (Å²) in [5.74, 6) is -1.27. The van der Waals surface area contributed by atoms with E-state index in [1.165, 1.54) is 11.3 Å². The molecule has 1 fully saturated rings. The second-order valence-corrected chi connectivity index (χ2v) is 6.32. The van der Waals surface area contributed by atoms with Gasteiger partial charge in [0.05, 0.1) is 18.2 Å². The van der Waals surface area contributed by atoms with Crippen LogP contribution in [0, 0.1) is 19.8 Å². The largest absolute Gasteiger partial charge is 0.481 e. The first-order chi connectivity index (χ1) is 9.45. The summed E-state index contributed by atoms with van der Waals surface area (Å²) in [6.45, 7) is 5.31. The maximum atomic E-state index is 11.9. The molecule has 0 spiro atoms. The van der Waals surface area contributed by atoms with Gasteiger partial charge in [0, 0.05) is 11.4 Å². The van der Waals surface area contributed by atoms with Crippen molar-refractivity contribution in [3.8, 4) is 0 Å². The number of carbonyl (C=O) groups is 2. The van der Waals surface area contributed by atoms with Gasteiger partial charge in [0.2, 0.25) is 5.91 Å². The number of nitrogens with zero attached hydrogens (tertiary/aromatic N) is 2. The Morgan fingerprint density at radius 3 is 2.85 bits per heavy atom. The molecule has 2 heterocycles. The molecule has 1 atom stereocenters. The molecule has 2 N–H and O–H groups in total. The van der Waals surface area contributed by atoms with Gasteiger partial charge in [-0.05, 0) is 33.2 Å². The lowest BCUT2D eigenvalue weighted by Crippen LogP contribution is -2.42. The molecule has 1 aromatic heterocycles. The van der Waals surface area contributed by atoms with Gasteiger partial charge in [0.1, 0.15) is 0 Å². The van der Waals surface area contributed by atoms with E-state index in [0.717, 1.165) is 23.5 Å². The topological polar surface area (TPSA) is 82.5 Å². The molecule has 0 aliphatic carbocycles. The van der Waals surface area contributed by atoms with Gasteiger partial charge < -0.3 is 10.4 Å². The molecule has 1 aliphatic rings. The van der Waals surface area contributed by atoms with Crippen LogP contribution < -0.4 is 5.32 Å². The van der Waals surface area contributed by atoms with Crippen LogP contribution in [-0.4, -0.2) is 46.5 Å². The molecule has 0 bridgehead atoms. The summed E-state index contributed by atoms with van der Waals surface area (Å²) < 4.78 is 0. The SMILES string of the molecule is Cc1nc(NC(=O)CN2CCC[C@H](C(=O)O)C2)sc1C. The summed E-state index contributed by atoms with van der Waals surface area (Å²) in [7, 11) is 0. The number of carbonyl (C=O) groups excluding carboxylic acids is 1. The standard InChI is InChI=1S/C13H19N3O3S/c1-8-9(2)20-13(14-8)15-11(17)7-16-5-3-4-10(6-16)12(18)19/h10H,3-7H2,1-2H3,(H,18,19)(H,14,15,17)/t10-/m0/s1. The Hall–Kier alpha value is -1.47. The first-order valence-electron chi connectivity index (χ1n) is 6.64. The average Bonchev–Trinajstić information content (AvgIpc) is 2.68. The number of anilines is 1. The quantitative estimate of drug-likeness (QED) is 0.880. The van der Waals surface area contributed by atoms with Crippen LogP contribution in [0.25, 0.3) is 0 Å². The zero-order valence-electron chi connectivity index (χ0n) is 11.7. The van der Waals surface area contributed by atoms with E-state index in [1.54, 1.807) is 0 Å². The summed E-state index contributed by atoms with van der Waals surface area (Å²) >= 11 is 1.45. The zero-order chi connectivity index (χ0) is 14.7. The number of thiazole rings is 1. The van der Waals surface area contributed by atoms with E-state index in [9.17, 15) is 9.59 Å². The van der Waals surface area contributed by atoms with E-state index < -0.39 is 5.97 Å². The highest BCUT2D eigenvalue weighted by Crippen LogP contribution is 2.21. The number of nitrogens with one attached hydrogen (secondary N) is 1. The maximum absolute atomic E-state index is 11.9. The first kappa shape index (κ1) is 14.9. The predicted molar refractivity (Wildman–Crippen MR) is 77.0 cm³/mol. The minimum atomic E-state index is -0.777. The lowest BCUT2D eigenvalue weighted by atomic mass is 9.98. The van der Waals surface area contributed by atoms with Crippen LogP contribution in [0.5, 0.6) is 0 Å². The second kappa shape index (κ2) is 6.32. The van der Waals surface area contributed by atoms with Crippen LogP contribution >= 0.6 is 11.3 Å². The smallest absolute Gasteiger partial charge is 0.307 e. The maximum Gasteiger partial charge on any atom is 0.307 e. The monoisotopic (exact) mass is 297 g/mol. The van der Waals surface area contributed by atoms with Crippen LogP contribution in [0.1, 0.15) is 23.4 Å². The summed E-state index contributed by atoms with van der Waals surface area (Å²) in [4.78, 5) is 30.2. The molecule has 20 heavy (non-hydrogen) atoms. The number of piperidine rings is 1. The molecule has 1 amide bonds. The van der Waals surface area contributed by atoms with Crippen LogP contribution in [0.15, 0.2) is 0 Å². The van der Waals surface area contributed by atoms with Crippen molar-refractivity contribution in [1.82, 2.24) is 9.88 Å². The predicted octanol–water partition coefficient (Wildman–Crippen LogP) is 1.50. The van der Waals surface area contributed by atoms with Crippen molar-refractivity contribution in [3.63, 3.8) is 0 Å². The highest BCUT2D eigenvalue weighted by molar-refractivity contribution is 7.15. The highest BCUT2D eigenvalue weighted by Gasteiger charge is 2.26. The third-order valence-electron chi connectivity index (χ3n) is 3.50. The Balaban J connectivity index is 1.86. The molecular formula is C13H19N3O3S. The van der Waals surface area contributed by atoms with Crippen molar-refractivity contribution in [3.05, 3.63) is 10.6 Å². The van der Waals surface area contributed by atoms with Gasteiger partial charge in [-0.3, -0.25) is 14.5 Å². The Bertz CT molecular complexity index is 495. The van der Waals surface area contributed by atoms with Gasteiger partial charge in [0.15, 0.2) is 5.13 Å². The molecule has 0 saturated carbocycles. The highest BCUT2D eigenvalue weighted by atomic mass is 32.1. The number of carboxylic acids is 1. The third-order valence-corrected chi connectivity index (χ3v) is 4.49. The van der Waals surface area contributed by atoms with Gasteiger partial charge in [-0.25, -0.2) is 4.98 Å². The lowest BCUT2D eigenvalue weighted by Gasteiger charge is -2.29. The van der Waals surface area contributed by atoms with Crippen molar-refractivity contribution in [2.24, 2.45) is 5.92 Å². The normalized spacial score (nSPS) is 19.8. The molecule has 2 rings (SSSR count). The van der Waals surface area contributed by atoms with Crippen LogP contribution in [0.4, 0.5) is 5.13 Å². The van der Waals surface area contributed by atoms with Crippen LogP contribution in [0.3, 0.4) is 0 Å². The number of aliphatic carboxylic acids is 1. The van der Waals surface area contributed by atoms with E-state index in [4.69, 9.17) is 5.11 Å². The van der Waals surface area contributed by atoms with Crippen molar-refractivity contribution in [2.75, 3.05) is 25.0 Å². The molecule has 0 aromatic carbocycles. The van der Waals surface area contributed by atoms with Crippen molar-refractivity contribution in [1.29, 1.82) is 0 Å². The Kier molecular flexibility index (Phi) is 4.72. The Morgan fingerprint density at radius 2 is 2.25 bits per heavy atom. The molecule has 1 aromatic rings. The number of aromatic nitrogens is 1. The molecular weight excluding hydrogens is 278 g/mol. The number of rotatable bonds is 4. The Morgan fingerprint density at radius 1 is 1.50 bits per heavy atom. The number of hydrogen-bond donors (Lipinski definition) is 2. The number of amides is 1. The summed E-state index contributed by atoms with van der Waals surface area (Å²) in [5.41, 5.74) is 0.925. The molecule has 1 saturated heterocycles. The third kappa shape index (κ3) is 3.77. The van der Waals surface area contributed by atoms with Crippen molar-refractivity contribution >= 4 is 28.3 Å². The molecule has 0 unspecified atom stereocenters. The molecule has 6 nitrogen and oxygen atoms in total. The average molecular weight is 297 g/mol. The van der Waals surface area contributed by atoms with E-state index in [2.05, 4.69) is 10.3 Å². The summed E-state index contributed by atoms with van der Waals surface area (Å²) in [6, 6.07) is 0. The fourth-order valence-electron chi connectivity index (χ4n) is 2.29. The molecule has 1 aliphatic heterocycles. The number of hydrogen-bond acceptors (Lipinski definition) is 5. The molecule has 7 heteroatoms. The van der Waals surface area contributed by atoms with Crippen molar-refractivity contribution < 1.29 is 14.7 Å². The fraction of sp³-hybridized carbons (Fsp3) is 0.615. The van der Waals surface area contributed by atoms with Gasteiger partial charge in [-0.2, -0.15) is 0 Å². The van der Waals surface area contributed by atoms with Crippen LogP contribution in [-0.2, 0) is 9.59 Å². The van der Waals surface area contributed by atoms with E-state index >= 15 is 0 Å². The van der Waals surface area contributed by atoms with Gasteiger partial charge in [-0.1, -0.05) is 0 Å². The van der Waals surface area contributed by atoms with E-state index in [1.807, 2.05) is 18.7 Å². The lowest BCUT2D eigenvalue weighted by molar-refractivity contribution is -0.144. The number of likely N-dealkylation sites (tertiary alicyclic amines) is 1. The van der Waals surface area contributed by atoms with Gasteiger partial charge in [0.25, 0.3) is 0 Å². The van der Waals surface area contributed by atoms with Gasteiger partial charge >= 0.3 is 5.97 Å². The number of carboxylic acid groups (broad SMARTS) is 1. The van der Waals surface area contributed by atoms with Crippen LogP contribution in [0.2, 0.25) is 0 Å². The summed E-state index contributed by atoms with van der Waals surface area (Å²) in [5, 5.41) is 12.4. The number of aryl methyl sites for hydroxylation is 2. The minimum absolute atomic E-state index is 0.134.